The van der Waals surface area contributed by atoms with Crippen LogP contribution in [0.3, 0.4) is 0 Å². The van der Waals surface area contributed by atoms with Gasteiger partial charge in [0.15, 0.2) is 0 Å². The Morgan fingerprint density at radius 3 is 2.08 bits per heavy atom. The average molecular weight is 324 g/mol. The highest BCUT2D eigenvalue weighted by molar-refractivity contribution is 5.99. The fraction of sp³-hybridized carbons (Fsp3) is 0.300. The first kappa shape index (κ1) is 17.7. The number of hydrogen-bond acceptors (Lipinski definition) is 2. The monoisotopic (exact) mass is 324 g/mol. The summed E-state index contributed by atoms with van der Waals surface area (Å²) in [6.07, 6.45) is 0.930. The van der Waals surface area contributed by atoms with Crippen LogP contribution >= 0.6 is 0 Å². The first-order valence-corrected chi connectivity index (χ1v) is 8.15. The van der Waals surface area contributed by atoms with Crippen LogP contribution in [0.25, 0.3) is 0 Å². The van der Waals surface area contributed by atoms with E-state index in [1.807, 2.05) is 45.0 Å². The molecule has 0 saturated carbocycles. The zero-order valence-corrected chi connectivity index (χ0v) is 14.7. The number of carbonyl (C=O) groups excluding carboxylic acids is 2. The summed E-state index contributed by atoms with van der Waals surface area (Å²) >= 11 is 0. The van der Waals surface area contributed by atoms with Crippen molar-refractivity contribution in [2.24, 2.45) is 0 Å². The molecule has 0 aliphatic rings. The highest BCUT2D eigenvalue weighted by Gasteiger charge is 2.11. The van der Waals surface area contributed by atoms with Gasteiger partial charge in [0.1, 0.15) is 0 Å². The van der Waals surface area contributed by atoms with Crippen molar-refractivity contribution in [2.75, 3.05) is 11.9 Å². The number of carbonyl (C=O) groups is 2. The molecule has 0 aliphatic heterocycles. The van der Waals surface area contributed by atoms with Crippen LogP contribution in [-0.2, 0) is 11.2 Å². The van der Waals surface area contributed by atoms with Gasteiger partial charge >= 0.3 is 0 Å². The third-order valence-corrected chi connectivity index (χ3v) is 3.98. The van der Waals surface area contributed by atoms with Crippen LogP contribution in [0.2, 0.25) is 0 Å². The number of amides is 2. The van der Waals surface area contributed by atoms with Gasteiger partial charge in [-0.25, -0.2) is 0 Å². The molecule has 0 fully saturated rings. The summed E-state index contributed by atoms with van der Waals surface area (Å²) in [5.41, 5.74) is 5.74. The largest absolute Gasteiger partial charge is 0.343 e. The lowest BCUT2D eigenvalue weighted by Gasteiger charge is -2.13. The van der Waals surface area contributed by atoms with Gasteiger partial charge in [-0.05, 0) is 56.0 Å². The molecule has 2 N–H and O–H groups in total. The van der Waals surface area contributed by atoms with E-state index in [2.05, 4.69) is 17.6 Å². The van der Waals surface area contributed by atoms with E-state index in [1.165, 1.54) is 5.56 Å². The third-order valence-electron chi connectivity index (χ3n) is 3.98. The number of benzene rings is 2. The Morgan fingerprint density at radius 1 is 0.958 bits per heavy atom. The molecule has 0 saturated heterocycles. The number of hydrogen-bond donors (Lipinski definition) is 2. The minimum atomic E-state index is -0.245. The molecule has 2 aromatic carbocycles. The fourth-order valence-electron chi connectivity index (χ4n) is 2.72. The molecule has 2 aromatic rings. The van der Waals surface area contributed by atoms with Crippen molar-refractivity contribution in [3.05, 3.63) is 64.2 Å². The van der Waals surface area contributed by atoms with Crippen molar-refractivity contribution < 1.29 is 9.59 Å². The molecule has 24 heavy (non-hydrogen) atoms. The normalized spacial score (nSPS) is 10.3. The van der Waals surface area contributed by atoms with E-state index in [0.717, 1.165) is 28.8 Å². The summed E-state index contributed by atoms with van der Waals surface area (Å²) in [7, 11) is 0. The first-order chi connectivity index (χ1) is 11.4. The van der Waals surface area contributed by atoms with Crippen molar-refractivity contribution >= 4 is 17.5 Å². The molecule has 0 aromatic heterocycles. The van der Waals surface area contributed by atoms with Crippen LogP contribution in [-0.4, -0.2) is 18.4 Å². The number of nitrogens with one attached hydrogen (secondary N) is 2. The van der Waals surface area contributed by atoms with Gasteiger partial charge in [-0.1, -0.05) is 36.8 Å². The lowest BCUT2D eigenvalue weighted by atomic mass is 10.1. The van der Waals surface area contributed by atoms with Crippen molar-refractivity contribution in [1.29, 1.82) is 0 Å². The van der Waals surface area contributed by atoms with Crippen LogP contribution < -0.4 is 10.6 Å². The smallest absolute Gasteiger partial charge is 0.251 e. The molecule has 0 aliphatic carbocycles. The van der Waals surface area contributed by atoms with Crippen LogP contribution in [0.15, 0.2) is 36.4 Å². The molecule has 0 atom stereocenters. The quantitative estimate of drug-likeness (QED) is 0.884. The summed E-state index contributed by atoms with van der Waals surface area (Å²) in [6.45, 7) is 7.96. The maximum Gasteiger partial charge on any atom is 0.251 e. The Balaban J connectivity index is 1.94. The molecule has 4 heteroatoms. The average Bonchev–Trinajstić information content (AvgIpc) is 2.56. The minimum Gasteiger partial charge on any atom is -0.343 e. The lowest BCUT2D eigenvalue weighted by Crippen LogP contribution is -2.33. The summed E-state index contributed by atoms with van der Waals surface area (Å²) in [6, 6.07) is 11.5. The topological polar surface area (TPSA) is 58.2 Å². The van der Waals surface area contributed by atoms with Crippen molar-refractivity contribution in [1.82, 2.24) is 5.32 Å². The second kappa shape index (κ2) is 7.77. The molecule has 126 valence electrons. The Bertz CT molecular complexity index is 726. The molecule has 2 rings (SSSR count). The van der Waals surface area contributed by atoms with Crippen molar-refractivity contribution in [3.8, 4) is 0 Å². The van der Waals surface area contributed by atoms with E-state index in [-0.39, 0.29) is 18.4 Å². The Morgan fingerprint density at radius 2 is 1.54 bits per heavy atom. The van der Waals surface area contributed by atoms with Crippen molar-refractivity contribution in [2.45, 2.75) is 34.1 Å². The Hall–Kier alpha value is -2.62. The number of rotatable bonds is 5. The van der Waals surface area contributed by atoms with E-state index in [0.29, 0.717) is 5.56 Å². The highest BCUT2D eigenvalue weighted by atomic mass is 16.2. The summed E-state index contributed by atoms with van der Waals surface area (Å²) in [5, 5.41) is 5.53. The Labute approximate surface area is 143 Å². The predicted octanol–water partition coefficient (Wildman–Crippen LogP) is 3.54. The zero-order chi connectivity index (χ0) is 17.7. The fourth-order valence-corrected chi connectivity index (χ4v) is 2.72. The number of aryl methyl sites for hydroxylation is 4. The van der Waals surface area contributed by atoms with Crippen LogP contribution in [0.1, 0.15) is 39.5 Å². The van der Waals surface area contributed by atoms with E-state index in [4.69, 9.17) is 0 Å². The van der Waals surface area contributed by atoms with Gasteiger partial charge in [-0.15, -0.1) is 0 Å². The second-order valence-corrected chi connectivity index (χ2v) is 6.06. The van der Waals surface area contributed by atoms with E-state index in [9.17, 15) is 9.59 Å². The Kier molecular flexibility index (Phi) is 5.74. The van der Waals surface area contributed by atoms with Gasteiger partial charge < -0.3 is 10.6 Å². The summed E-state index contributed by atoms with van der Waals surface area (Å²) in [4.78, 5) is 24.2. The molecule has 0 unspecified atom stereocenters. The number of anilines is 1. The SMILES string of the molecule is CCc1ccc(C(=O)NCC(=O)Nc2c(C)cc(C)cc2C)cc1. The second-order valence-electron chi connectivity index (χ2n) is 6.06. The first-order valence-electron chi connectivity index (χ1n) is 8.15. The maximum atomic E-state index is 12.1. The molecule has 4 nitrogen and oxygen atoms in total. The van der Waals surface area contributed by atoms with Gasteiger partial charge in [0.2, 0.25) is 5.91 Å². The maximum absolute atomic E-state index is 12.1. The van der Waals surface area contributed by atoms with Gasteiger partial charge in [0, 0.05) is 11.3 Å². The zero-order valence-electron chi connectivity index (χ0n) is 14.7. The molecule has 0 radical (unpaired) electrons. The van der Waals surface area contributed by atoms with E-state index >= 15 is 0 Å². The molecular weight excluding hydrogens is 300 g/mol. The molecule has 0 bridgehead atoms. The standard InChI is InChI=1S/C20H24N2O2/c1-5-16-6-8-17(9-7-16)20(24)21-12-18(23)22-19-14(3)10-13(2)11-15(19)4/h6-11H,5,12H2,1-4H3,(H,21,24)(H,22,23). The van der Waals surface area contributed by atoms with E-state index < -0.39 is 0 Å². The molecular formula is C20H24N2O2. The lowest BCUT2D eigenvalue weighted by molar-refractivity contribution is -0.115. The van der Waals surface area contributed by atoms with Gasteiger partial charge in [0.25, 0.3) is 5.91 Å². The van der Waals surface area contributed by atoms with E-state index in [1.54, 1.807) is 12.1 Å². The predicted molar refractivity (Wildman–Crippen MR) is 97.4 cm³/mol. The summed E-state index contributed by atoms with van der Waals surface area (Å²) < 4.78 is 0. The van der Waals surface area contributed by atoms with Gasteiger partial charge in [-0.2, -0.15) is 0 Å². The van der Waals surface area contributed by atoms with Crippen LogP contribution in [0.4, 0.5) is 5.69 Å². The molecule has 2 amide bonds. The summed E-state index contributed by atoms with van der Waals surface area (Å²) in [5.74, 6) is -0.478. The van der Waals surface area contributed by atoms with Gasteiger partial charge in [-0.3, -0.25) is 9.59 Å². The third kappa shape index (κ3) is 4.44. The minimum absolute atomic E-state index is 0.0544. The van der Waals surface area contributed by atoms with Gasteiger partial charge in [0.05, 0.1) is 6.54 Å². The van der Waals surface area contributed by atoms with Crippen LogP contribution in [0.5, 0.6) is 0 Å². The van der Waals surface area contributed by atoms with Crippen LogP contribution in [0, 0.1) is 20.8 Å². The molecule has 0 spiro atoms. The molecule has 0 heterocycles. The van der Waals surface area contributed by atoms with Crippen molar-refractivity contribution in [3.63, 3.8) is 0 Å². The highest BCUT2D eigenvalue weighted by Crippen LogP contribution is 2.21.